The molecular weight excluding hydrogens is 360 g/mol. The van der Waals surface area contributed by atoms with Crippen molar-refractivity contribution in [3.05, 3.63) is 0 Å². The van der Waals surface area contributed by atoms with Crippen LogP contribution >= 0.6 is 0 Å². The highest BCUT2D eigenvalue weighted by atomic mass is 32.2. The fraction of sp³-hybridized carbons (Fsp3) is 0.875. The third-order valence-corrected chi connectivity index (χ3v) is 6.05. The van der Waals surface area contributed by atoms with Gasteiger partial charge in [-0.25, -0.2) is 8.42 Å². The van der Waals surface area contributed by atoms with Gasteiger partial charge in [0, 0.05) is 26.2 Å². The Morgan fingerprint density at radius 2 is 1.69 bits per heavy atom. The van der Waals surface area contributed by atoms with Crippen LogP contribution in [0.5, 0.6) is 0 Å². The molecule has 3 N–H and O–H groups in total. The lowest BCUT2D eigenvalue weighted by atomic mass is 10.1. The summed E-state index contributed by atoms with van der Waals surface area (Å²) < 4.78 is 31.2. The Kier molecular flexibility index (Phi) is 8.94. The summed E-state index contributed by atoms with van der Waals surface area (Å²) in [6.45, 7) is 8.48. The van der Waals surface area contributed by atoms with Gasteiger partial charge in [0.25, 0.3) is 0 Å². The van der Waals surface area contributed by atoms with Gasteiger partial charge in [-0.3, -0.25) is 9.59 Å². The molecule has 0 aromatic rings. The van der Waals surface area contributed by atoms with Crippen LogP contribution < -0.4 is 11.1 Å². The van der Waals surface area contributed by atoms with Crippen LogP contribution in [0, 0.1) is 5.92 Å². The number of carbonyl (C=O) groups is 2. The van der Waals surface area contributed by atoms with E-state index in [1.165, 1.54) is 4.31 Å². The molecule has 0 aromatic carbocycles. The maximum atomic E-state index is 12.3. The molecule has 0 bridgehead atoms. The second-order valence-corrected chi connectivity index (χ2v) is 9.09. The van der Waals surface area contributed by atoms with E-state index in [0.717, 1.165) is 0 Å². The average molecular weight is 393 g/mol. The minimum Gasteiger partial charge on any atom is -0.378 e. The zero-order chi connectivity index (χ0) is 19.9. The molecule has 26 heavy (non-hydrogen) atoms. The Balaban J connectivity index is 2.40. The second kappa shape index (κ2) is 10.2. The summed E-state index contributed by atoms with van der Waals surface area (Å²) in [6.07, 6.45) is -0.0151. The first-order chi connectivity index (χ1) is 12.0. The fourth-order valence-corrected chi connectivity index (χ4v) is 3.71. The third kappa shape index (κ3) is 7.18. The summed E-state index contributed by atoms with van der Waals surface area (Å²) in [5.41, 5.74) is 5.73. The maximum absolute atomic E-state index is 12.3. The van der Waals surface area contributed by atoms with Crippen LogP contribution in [0.25, 0.3) is 0 Å². The summed E-state index contributed by atoms with van der Waals surface area (Å²) in [5.74, 6) is -0.685. The number of nitrogens with one attached hydrogen (secondary N) is 1. The number of nitrogens with two attached hydrogens (primary N) is 1. The van der Waals surface area contributed by atoms with E-state index in [1.54, 1.807) is 4.90 Å². The van der Waals surface area contributed by atoms with Crippen molar-refractivity contribution in [2.45, 2.75) is 39.8 Å². The molecule has 10 heteroatoms. The Hall–Kier alpha value is -1.23. The molecule has 9 nitrogen and oxygen atoms in total. The van der Waals surface area contributed by atoms with Gasteiger partial charge in [-0.2, -0.15) is 4.31 Å². The van der Waals surface area contributed by atoms with Gasteiger partial charge in [-0.1, -0.05) is 13.8 Å². The van der Waals surface area contributed by atoms with Gasteiger partial charge in [0.1, 0.15) is 0 Å². The Bertz CT molecular complexity index is 571. The van der Waals surface area contributed by atoms with E-state index in [9.17, 15) is 18.0 Å². The Labute approximate surface area is 156 Å². The van der Waals surface area contributed by atoms with Gasteiger partial charge in [0.05, 0.1) is 31.1 Å². The molecule has 2 amide bonds. The van der Waals surface area contributed by atoms with Crippen molar-refractivity contribution in [3.63, 3.8) is 0 Å². The molecule has 1 fully saturated rings. The molecule has 0 spiro atoms. The normalized spacial score (nSPS) is 17.6. The minimum atomic E-state index is -3.39. The number of carbonyl (C=O) groups excluding carboxylic acids is 2. The van der Waals surface area contributed by atoms with Crippen LogP contribution in [0.4, 0.5) is 0 Å². The Morgan fingerprint density at radius 3 is 2.19 bits per heavy atom. The van der Waals surface area contributed by atoms with Gasteiger partial charge in [-0.15, -0.1) is 0 Å². The van der Waals surface area contributed by atoms with Crippen LogP contribution in [0.1, 0.15) is 27.7 Å². The summed E-state index contributed by atoms with van der Waals surface area (Å²) in [6, 6.07) is -0.655. The Morgan fingerprint density at radius 1 is 1.12 bits per heavy atom. The average Bonchev–Trinajstić information content (AvgIpc) is 2.58. The molecule has 1 aliphatic rings. The van der Waals surface area contributed by atoms with Crippen LogP contribution in [0.3, 0.4) is 0 Å². The molecule has 0 unspecified atom stereocenters. The maximum Gasteiger partial charge on any atom is 0.242 e. The first-order valence-corrected chi connectivity index (χ1v) is 10.6. The minimum absolute atomic E-state index is 0.0151. The van der Waals surface area contributed by atoms with Gasteiger partial charge < -0.3 is 20.7 Å². The quantitative estimate of drug-likeness (QED) is 0.518. The molecule has 1 atom stereocenters. The lowest BCUT2D eigenvalue weighted by Gasteiger charge is -2.34. The van der Waals surface area contributed by atoms with Crippen molar-refractivity contribution in [1.82, 2.24) is 14.5 Å². The molecular formula is C16H32N4O5S. The van der Waals surface area contributed by atoms with Crippen LogP contribution in [0.15, 0.2) is 0 Å². The SMILES string of the molecule is CC(C)OCCS(=O)(=O)N1CCN(C(=O)CNC(=O)[C@@H](N)C(C)C)CC1. The van der Waals surface area contributed by atoms with Crippen LogP contribution in [-0.4, -0.2) is 86.7 Å². The monoisotopic (exact) mass is 392 g/mol. The number of rotatable bonds is 9. The van der Waals surface area contributed by atoms with E-state index in [1.807, 2.05) is 27.7 Å². The first kappa shape index (κ1) is 22.8. The number of amides is 2. The number of sulfonamides is 1. The zero-order valence-electron chi connectivity index (χ0n) is 16.1. The molecule has 0 aromatic heterocycles. The molecule has 0 radical (unpaired) electrons. The van der Waals surface area contributed by atoms with Crippen LogP contribution in [0.2, 0.25) is 0 Å². The number of piperazine rings is 1. The van der Waals surface area contributed by atoms with Crippen molar-refractivity contribution in [2.75, 3.05) is 45.1 Å². The predicted molar refractivity (Wildman–Crippen MR) is 98.9 cm³/mol. The smallest absolute Gasteiger partial charge is 0.242 e. The molecule has 1 heterocycles. The van der Waals surface area contributed by atoms with Gasteiger partial charge in [-0.05, 0) is 19.8 Å². The fourth-order valence-electron chi connectivity index (χ4n) is 2.43. The van der Waals surface area contributed by atoms with Crippen LogP contribution in [-0.2, 0) is 24.3 Å². The third-order valence-electron chi connectivity index (χ3n) is 4.21. The van der Waals surface area contributed by atoms with Gasteiger partial charge >= 0.3 is 0 Å². The number of nitrogens with zero attached hydrogens (tertiary/aromatic N) is 2. The van der Waals surface area contributed by atoms with E-state index >= 15 is 0 Å². The lowest BCUT2D eigenvalue weighted by Crippen LogP contribution is -2.54. The number of hydrogen-bond acceptors (Lipinski definition) is 6. The summed E-state index contributed by atoms with van der Waals surface area (Å²) in [7, 11) is -3.39. The summed E-state index contributed by atoms with van der Waals surface area (Å²) in [5, 5.41) is 2.54. The second-order valence-electron chi connectivity index (χ2n) is 7.00. The largest absolute Gasteiger partial charge is 0.378 e. The van der Waals surface area contributed by atoms with Crippen molar-refractivity contribution >= 4 is 21.8 Å². The molecule has 0 saturated carbocycles. The van der Waals surface area contributed by atoms with Crippen molar-refractivity contribution in [3.8, 4) is 0 Å². The highest BCUT2D eigenvalue weighted by Gasteiger charge is 2.29. The highest BCUT2D eigenvalue weighted by molar-refractivity contribution is 7.89. The summed E-state index contributed by atoms with van der Waals surface area (Å²) >= 11 is 0. The highest BCUT2D eigenvalue weighted by Crippen LogP contribution is 2.09. The molecule has 152 valence electrons. The van der Waals surface area contributed by atoms with E-state index in [4.69, 9.17) is 10.5 Å². The van der Waals surface area contributed by atoms with Gasteiger partial charge in [0.15, 0.2) is 0 Å². The predicted octanol–water partition coefficient (Wildman–Crippen LogP) is -1.02. The molecule has 1 rings (SSSR count). The van der Waals surface area contributed by atoms with E-state index in [-0.39, 0.29) is 55.8 Å². The van der Waals surface area contributed by atoms with Crippen molar-refractivity contribution in [1.29, 1.82) is 0 Å². The van der Waals surface area contributed by atoms with E-state index in [0.29, 0.717) is 13.1 Å². The summed E-state index contributed by atoms with van der Waals surface area (Å²) in [4.78, 5) is 25.5. The molecule has 1 saturated heterocycles. The van der Waals surface area contributed by atoms with Crippen molar-refractivity contribution in [2.24, 2.45) is 11.7 Å². The topological polar surface area (TPSA) is 122 Å². The number of ether oxygens (including phenoxy) is 1. The van der Waals surface area contributed by atoms with Crippen molar-refractivity contribution < 1.29 is 22.7 Å². The molecule has 0 aliphatic carbocycles. The molecule has 1 aliphatic heterocycles. The standard InChI is InChI=1S/C16H32N4O5S/c1-12(2)15(17)16(22)18-11-14(21)19-5-7-20(8-6-19)26(23,24)10-9-25-13(3)4/h12-13,15H,5-11,17H2,1-4H3,(H,18,22)/t15-/m0/s1. The number of hydrogen-bond donors (Lipinski definition) is 2. The lowest BCUT2D eigenvalue weighted by molar-refractivity contribution is -0.134. The van der Waals surface area contributed by atoms with E-state index in [2.05, 4.69) is 5.32 Å². The first-order valence-electron chi connectivity index (χ1n) is 8.95. The van der Waals surface area contributed by atoms with Gasteiger partial charge in [0.2, 0.25) is 21.8 Å². The van der Waals surface area contributed by atoms with E-state index < -0.39 is 16.1 Å². The zero-order valence-corrected chi connectivity index (χ0v) is 16.9.